The van der Waals surface area contributed by atoms with Gasteiger partial charge in [0.1, 0.15) is 11.8 Å². The van der Waals surface area contributed by atoms with Crippen LogP contribution in [0.4, 0.5) is 0 Å². The van der Waals surface area contributed by atoms with Gasteiger partial charge in [-0.2, -0.15) is 5.10 Å². The van der Waals surface area contributed by atoms with E-state index in [2.05, 4.69) is 36.1 Å². The second-order valence-corrected chi connectivity index (χ2v) is 7.37. The lowest BCUT2D eigenvalue weighted by Crippen LogP contribution is -2.38. The molecule has 138 valence electrons. The predicted molar refractivity (Wildman–Crippen MR) is 103 cm³/mol. The average Bonchev–Trinajstić information content (AvgIpc) is 3.18. The van der Waals surface area contributed by atoms with E-state index in [1.807, 2.05) is 18.9 Å². The third-order valence-corrected chi connectivity index (χ3v) is 5.38. The quantitative estimate of drug-likeness (QED) is 0.906. The molecule has 3 aliphatic rings. The van der Waals surface area contributed by atoms with E-state index in [-0.39, 0.29) is 18.2 Å². The lowest BCUT2D eigenvalue weighted by Gasteiger charge is -2.32. The van der Waals surface area contributed by atoms with Crippen molar-refractivity contribution in [3.63, 3.8) is 0 Å². The summed E-state index contributed by atoms with van der Waals surface area (Å²) in [7, 11) is 1.70. The van der Waals surface area contributed by atoms with E-state index < -0.39 is 0 Å². The van der Waals surface area contributed by atoms with Crippen LogP contribution in [-0.4, -0.2) is 58.9 Å². The molecule has 26 heavy (non-hydrogen) atoms. The molecule has 0 aliphatic carbocycles. The number of benzene rings is 1. The molecule has 6 heteroatoms. The molecule has 0 saturated carbocycles. The molecule has 1 aromatic rings. The first-order chi connectivity index (χ1) is 12.5. The number of hydrogen-bond acceptors (Lipinski definition) is 6. The van der Waals surface area contributed by atoms with E-state index in [4.69, 9.17) is 14.8 Å². The highest BCUT2D eigenvalue weighted by atomic mass is 16.5. The molecule has 1 fully saturated rings. The van der Waals surface area contributed by atoms with Crippen molar-refractivity contribution in [1.82, 2.24) is 9.91 Å². The zero-order valence-corrected chi connectivity index (χ0v) is 15.8. The first-order valence-corrected chi connectivity index (χ1v) is 9.20. The van der Waals surface area contributed by atoms with E-state index in [9.17, 15) is 5.11 Å². The molecule has 0 radical (unpaired) electrons. The van der Waals surface area contributed by atoms with Gasteiger partial charge < -0.3 is 14.7 Å². The first-order valence-electron chi connectivity index (χ1n) is 9.20. The van der Waals surface area contributed by atoms with Crippen LogP contribution in [0, 0.1) is 6.92 Å². The number of amidine groups is 1. The molecule has 3 heterocycles. The van der Waals surface area contributed by atoms with Gasteiger partial charge in [0.25, 0.3) is 0 Å². The molecule has 3 unspecified atom stereocenters. The molecule has 0 bridgehead atoms. The highest BCUT2D eigenvalue weighted by molar-refractivity contribution is 6.09. The number of likely N-dealkylation sites (tertiary alicyclic amines) is 1. The molecule has 0 aromatic heterocycles. The number of aliphatic hydroxyl groups is 1. The number of β-amino-alcohol motifs (C(OH)–C–C–N with tert-alkyl or cyclic N) is 1. The van der Waals surface area contributed by atoms with E-state index in [1.165, 1.54) is 0 Å². The number of nitrogens with zero attached hydrogens (tertiary/aromatic N) is 4. The minimum Gasteiger partial charge on any atom is -0.496 e. The molecule has 1 N–H and O–H groups in total. The number of methoxy groups -OCH3 is 1. The van der Waals surface area contributed by atoms with Crippen molar-refractivity contribution >= 4 is 11.5 Å². The summed E-state index contributed by atoms with van der Waals surface area (Å²) in [6.07, 6.45) is 2.62. The lowest BCUT2D eigenvalue weighted by molar-refractivity contribution is 0.184. The van der Waals surface area contributed by atoms with Gasteiger partial charge in [0.2, 0.25) is 0 Å². The van der Waals surface area contributed by atoms with Crippen LogP contribution in [-0.2, 0) is 0 Å². The van der Waals surface area contributed by atoms with Crippen LogP contribution < -0.4 is 4.74 Å². The Balaban J connectivity index is 1.69. The Bertz CT molecular complexity index is 814. The highest BCUT2D eigenvalue weighted by Crippen LogP contribution is 2.38. The van der Waals surface area contributed by atoms with Crippen molar-refractivity contribution in [2.75, 3.05) is 20.2 Å². The summed E-state index contributed by atoms with van der Waals surface area (Å²) in [6, 6.07) is 6.46. The third-order valence-electron chi connectivity index (χ3n) is 5.38. The Morgan fingerprint density at radius 1 is 1.27 bits per heavy atom. The van der Waals surface area contributed by atoms with Crippen molar-refractivity contribution < 1.29 is 9.84 Å². The van der Waals surface area contributed by atoms with Crippen LogP contribution >= 0.6 is 0 Å². The minimum absolute atomic E-state index is 0.0469. The number of ether oxygens (including phenoxy) is 1. The molecule has 0 spiro atoms. The molecule has 0 amide bonds. The molecule has 1 saturated heterocycles. The fourth-order valence-corrected chi connectivity index (χ4v) is 4.05. The van der Waals surface area contributed by atoms with Crippen LogP contribution in [0.25, 0.3) is 0 Å². The largest absolute Gasteiger partial charge is 0.496 e. The second-order valence-electron chi connectivity index (χ2n) is 7.37. The molecule has 1 aromatic carbocycles. The van der Waals surface area contributed by atoms with Gasteiger partial charge in [0, 0.05) is 13.1 Å². The van der Waals surface area contributed by atoms with E-state index in [1.54, 1.807) is 7.11 Å². The van der Waals surface area contributed by atoms with Gasteiger partial charge in [0.15, 0.2) is 5.84 Å². The first kappa shape index (κ1) is 17.1. The fraction of sp³-hybridized carbons (Fsp3) is 0.500. The molecule has 6 nitrogen and oxygen atoms in total. The standard InChI is InChI=1S/C20H26N4O2/c1-12-5-6-15(10-18(12)26-4)19-14(3)21-20-17(9-13(2)22-24(19)20)23-8-7-16(25)11-23/h5-6,9-10,14,16,19,25H,7-8,11H2,1-4H3. The molecular formula is C20H26N4O2. The Labute approximate surface area is 154 Å². The van der Waals surface area contributed by atoms with Crippen LogP contribution in [0.3, 0.4) is 0 Å². The topological polar surface area (TPSA) is 60.7 Å². The van der Waals surface area contributed by atoms with Crippen molar-refractivity contribution in [1.29, 1.82) is 0 Å². The van der Waals surface area contributed by atoms with Gasteiger partial charge in [-0.3, -0.25) is 4.99 Å². The zero-order valence-electron chi connectivity index (χ0n) is 15.8. The van der Waals surface area contributed by atoms with Crippen molar-refractivity contribution in [2.45, 2.75) is 45.4 Å². The summed E-state index contributed by atoms with van der Waals surface area (Å²) in [5.41, 5.74) is 4.30. The summed E-state index contributed by atoms with van der Waals surface area (Å²) in [5.74, 6) is 1.79. The predicted octanol–water partition coefficient (Wildman–Crippen LogP) is 2.49. The maximum atomic E-state index is 9.94. The fourth-order valence-electron chi connectivity index (χ4n) is 4.05. The number of allylic oxidation sites excluding steroid dienone is 1. The molecule has 3 aliphatic heterocycles. The van der Waals surface area contributed by atoms with Crippen LogP contribution in [0.15, 0.2) is 40.1 Å². The SMILES string of the molecule is COc1cc(C2C(C)N=C3C(N4CCC(O)C4)=CC(C)=NN32)ccc1C. The molecule has 4 rings (SSSR count). The summed E-state index contributed by atoms with van der Waals surface area (Å²) < 4.78 is 5.51. The third kappa shape index (κ3) is 2.78. The summed E-state index contributed by atoms with van der Waals surface area (Å²) in [4.78, 5) is 7.16. The van der Waals surface area contributed by atoms with Gasteiger partial charge in [-0.25, -0.2) is 5.01 Å². The van der Waals surface area contributed by atoms with Crippen molar-refractivity contribution in [2.24, 2.45) is 10.1 Å². The molecule has 3 atom stereocenters. The second kappa shape index (κ2) is 6.43. The van der Waals surface area contributed by atoms with Gasteiger partial charge in [-0.15, -0.1) is 0 Å². The average molecular weight is 354 g/mol. The Hall–Kier alpha value is -2.34. The van der Waals surface area contributed by atoms with Crippen molar-refractivity contribution in [3.8, 4) is 5.75 Å². The van der Waals surface area contributed by atoms with Gasteiger partial charge >= 0.3 is 0 Å². The number of rotatable bonds is 3. The van der Waals surface area contributed by atoms with Gasteiger partial charge in [-0.05, 0) is 50.5 Å². The van der Waals surface area contributed by atoms with Gasteiger partial charge in [0.05, 0.1) is 30.7 Å². The summed E-state index contributed by atoms with van der Waals surface area (Å²) >= 11 is 0. The van der Waals surface area contributed by atoms with E-state index in [0.29, 0.717) is 6.54 Å². The number of aliphatic hydroxyl groups excluding tert-OH is 1. The number of hydrazone groups is 1. The Morgan fingerprint density at radius 2 is 2.08 bits per heavy atom. The normalized spacial score (nSPS) is 27.9. The van der Waals surface area contributed by atoms with Gasteiger partial charge in [-0.1, -0.05) is 12.1 Å². The molecular weight excluding hydrogens is 328 g/mol. The number of fused-ring (bicyclic) bond motifs is 1. The van der Waals surface area contributed by atoms with E-state index >= 15 is 0 Å². The van der Waals surface area contributed by atoms with Crippen LogP contribution in [0.5, 0.6) is 5.75 Å². The lowest BCUT2D eigenvalue weighted by atomic mass is 9.99. The number of aryl methyl sites for hydroxylation is 1. The smallest absolute Gasteiger partial charge is 0.169 e. The van der Waals surface area contributed by atoms with Crippen LogP contribution in [0.1, 0.15) is 37.4 Å². The number of aliphatic imine (C=N–C) groups is 1. The maximum Gasteiger partial charge on any atom is 0.169 e. The monoisotopic (exact) mass is 354 g/mol. The summed E-state index contributed by atoms with van der Waals surface area (Å²) in [6.45, 7) is 7.70. The van der Waals surface area contributed by atoms with E-state index in [0.717, 1.165) is 47.1 Å². The minimum atomic E-state index is -0.264. The highest BCUT2D eigenvalue weighted by Gasteiger charge is 2.40. The van der Waals surface area contributed by atoms with Crippen LogP contribution in [0.2, 0.25) is 0 Å². The summed E-state index contributed by atoms with van der Waals surface area (Å²) in [5, 5.41) is 16.8. The maximum absolute atomic E-state index is 9.94. The Morgan fingerprint density at radius 3 is 2.77 bits per heavy atom. The zero-order chi connectivity index (χ0) is 18.4. The van der Waals surface area contributed by atoms with Crippen molar-refractivity contribution in [3.05, 3.63) is 41.1 Å². The number of hydrogen-bond donors (Lipinski definition) is 1. The Kier molecular flexibility index (Phi) is 4.23.